The summed E-state index contributed by atoms with van der Waals surface area (Å²) in [5.74, 6) is 0.0425. The van der Waals surface area contributed by atoms with Gasteiger partial charge >= 0.3 is 0 Å². The van der Waals surface area contributed by atoms with Gasteiger partial charge in [0, 0.05) is 18.9 Å². The summed E-state index contributed by atoms with van der Waals surface area (Å²) in [5, 5.41) is 17.6. The number of nitrogens with one attached hydrogen (secondary N) is 4. The van der Waals surface area contributed by atoms with Gasteiger partial charge in [-0.25, -0.2) is 15.4 Å². The Bertz CT molecular complexity index is 1110. The second-order valence-corrected chi connectivity index (χ2v) is 9.02. The number of rotatable bonds is 8. The molecule has 5 N–H and O–H groups in total. The second-order valence-electron chi connectivity index (χ2n) is 7.42. The number of para-hydroxylation sites is 1. The Morgan fingerprint density at radius 1 is 1.12 bits per heavy atom. The standard InChI is InChI=1S/C21H24ClN7O4S/c1-11-5-3-6-13(22)19(11)28-20(32)14-10-23-21(34-14)27-16-9-15(24-12(2)25-16)26-17(30)7-4-8-18(31)29-33/h3,5-6,9,14,33H,4,7-8,10H2,1-2H3,(H,28,32)(H,29,31)(H2,23,24,25,26,27,30). The molecule has 3 rings (SSSR count). The molecule has 180 valence electrons. The van der Waals surface area contributed by atoms with E-state index >= 15 is 0 Å². The molecule has 1 aliphatic rings. The van der Waals surface area contributed by atoms with Gasteiger partial charge in [-0.2, -0.15) is 0 Å². The van der Waals surface area contributed by atoms with Gasteiger partial charge in [0.05, 0.1) is 17.3 Å². The van der Waals surface area contributed by atoms with E-state index in [1.807, 2.05) is 19.1 Å². The normalized spacial score (nSPS) is 14.8. The summed E-state index contributed by atoms with van der Waals surface area (Å²) in [6, 6.07) is 6.95. The van der Waals surface area contributed by atoms with Crippen LogP contribution in [0.2, 0.25) is 5.02 Å². The molecule has 1 atom stereocenters. The fourth-order valence-corrected chi connectivity index (χ4v) is 4.22. The number of amidine groups is 1. The van der Waals surface area contributed by atoms with E-state index in [0.29, 0.717) is 33.3 Å². The Kier molecular flexibility index (Phi) is 8.79. The summed E-state index contributed by atoms with van der Waals surface area (Å²) in [6.45, 7) is 3.84. The Hall–Kier alpha value is -3.22. The number of benzene rings is 1. The van der Waals surface area contributed by atoms with Crippen molar-refractivity contribution in [2.75, 3.05) is 22.5 Å². The van der Waals surface area contributed by atoms with Crippen molar-refractivity contribution in [2.45, 2.75) is 38.4 Å². The molecule has 0 saturated carbocycles. The molecule has 0 spiro atoms. The first-order valence-electron chi connectivity index (χ1n) is 10.4. The first-order valence-corrected chi connectivity index (χ1v) is 11.6. The van der Waals surface area contributed by atoms with Crippen molar-refractivity contribution in [1.29, 1.82) is 0 Å². The number of amides is 3. The Labute approximate surface area is 205 Å². The Balaban J connectivity index is 1.55. The molecule has 3 amide bonds. The second kappa shape index (κ2) is 11.8. The summed E-state index contributed by atoms with van der Waals surface area (Å²) >= 11 is 7.46. The van der Waals surface area contributed by atoms with E-state index in [2.05, 4.69) is 30.9 Å². The van der Waals surface area contributed by atoms with Gasteiger partial charge in [0.1, 0.15) is 22.7 Å². The van der Waals surface area contributed by atoms with Crippen molar-refractivity contribution in [2.24, 2.45) is 4.99 Å². The summed E-state index contributed by atoms with van der Waals surface area (Å²) in [5.41, 5.74) is 2.97. The summed E-state index contributed by atoms with van der Waals surface area (Å²) < 4.78 is 0. The lowest BCUT2D eigenvalue weighted by atomic mass is 10.2. The zero-order valence-electron chi connectivity index (χ0n) is 18.5. The molecular weight excluding hydrogens is 482 g/mol. The van der Waals surface area contributed by atoms with Crippen LogP contribution in [0.1, 0.15) is 30.7 Å². The molecule has 13 heteroatoms. The van der Waals surface area contributed by atoms with Gasteiger partial charge in [0.25, 0.3) is 0 Å². The van der Waals surface area contributed by atoms with Crippen LogP contribution in [0.3, 0.4) is 0 Å². The number of thioether (sulfide) groups is 1. The monoisotopic (exact) mass is 505 g/mol. The molecule has 2 heterocycles. The van der Waals surface area contributed by atoms with Gasteiger partial charge in [0.15, 0.2) is 5.17 Å². The predicted octanol–water partition coefficient (Wildman–Crippen LogP) is 2.88. The fraction of sp³-hybridized carbons (Fsp3) is 0.333. The van der Waals surface area contributed by atoms with E-state index in [4.69, 9.17) is 16.8 Å². The maximum Gasteiger partial charge on any atom is 0.243 e. The van der Waals surface area contributed by atoms with Gasteiger partial charge in [0.2, 0.25) is 17.7 Å². The number of nitrogens with zero attached hydrogens (tertiary/aromatic N) is 3. The fourth-order valence-electron chi connectivity index (χ4n) is 3.05. The topological polar surface area (TPSA) is 158 Å². The van der Waals surface area contributed by atoms with Gasteiger partial charge in [-0.3, -0.25) is 24.6 Å². The summed E-state index contributed by atoms with van der Waals surface area (Å²) in [6.07, 6.45) is 0.392. The minimum atomic E-state index is -0.555. The van der Waals surface area contributed by atoms with Crippen LogP contribution in [-0.4, -0.2) is 49.9 Å². The zero-order chi connectivity index (χ0) is 24.7. The van der Waals surface area contributed by atoms with Crippen LogP contribution in [0.25, 0.3) is 0 Å². The first kappa shape index (κ1) is 25.4. The molecule has 0 radical (unpaired) electrons. The average Bonchev–Trinajstić information content (AvgIpc) is 3.24. The average molecular weight is 506 g/mol. The van der Waals surface area contributed by atoms with Crippen LogP contribution in [0.15, 0.2) is 29.3 Å². The third-order valence-electron chi connectivity index (χ3n) is 4.69. The Morgan fingerprint density at radius 2 is 1.85 bits per heavy atom. The highest BCUT2D eigenvalue weighted by Crippen LogP contribution is 2.28. The number of hydroxylamine groups is 1. The van der Waals surface area contributed by atoms with E-state index in [0.717, 1.165) is 5.56 Å². The number of aromatic nitrogens is 2. The third kappa shape index (κ3) is 7.14. The van der Waals surface area contributed by atoms with E-state index < -0.39 is 11.2 Å². The molecule has 1 unspecified atom stereocenters. The lowest BCUT2D eigenvalue weighted by Crippen LogP contribution is -2.26. The predicted molar refractivity (Wildman–Crippen MR) is 131 cm³/mol. The molecule has 0 bridgehead atoms. The van der Waals surface area contributed by atoms with E-state index in [-0.39, 0.29) is 37.6 Å². The number of aryl methyl sites for hydroxylation is 2. The lowest BCUT2D eigenvalue weighted by Gasteiger charge is -2.13. The van der Waals surface area contributed by atoms with Crippen molar-refractivity contribution in [3.8, 4) is 0 Å². The number of hydrogen-bond donors (Lipinski definition) is 5. The summed E-state index contributed by atoms with van der Waals surface area (Å²) in [4.78, 5) is 48.7. The highest BCUT2D eigenvalue weighted by Gasteiger charge is 2.27. The largest absolute Gasteiger partial charge is 0.324 e. The quantitative estimate of drug-likeness (QED) is 0.270. The van der Waals surface area contributed by atoms with Crippen molar-refractivity contribution in [3.63, 3.8) is 0 Å². The van der Waals surface area contributed by atoms with Crippen molar-refractivity contribution in [1.82, 2.24) is 15.4 Å². The maximum absolute atomic E-state index is 12.7. The lowest BCUT2D eigenvalue weighted by molar-refractivity contribution is -0.129. The van der Waals surface area contributed by atoms with Crippen molar-refractivity contribution < 1.29 is 19.6 Å². The van der Waals surface area contributed by atoms with Gasteiger partial charge in [-0.15, -0.1) is 0 Å². The molecule has 0 aliphatic carbocycles. The number of hydrogen-bond acceptors (Lipinski definition) is 9. The van der Waals surface area contributed by atoms with Crippen LogP contribution in [0, 0.1) is 13.8 Å². The molecule has 1 aromatic carbocycles. The molecular formula is C21H24ClN7O4S. The van der Waals surface area contributed by atoms with E-state index in [9.17, 15) is 14.4 Å². The number of aliphatic imine (C=N–C) groups is 1. The molecule has 1 aliphatic heterocycles. The Morgan fingerprint density at radius 3 is 2.59 bits per heavy atom. The first-order chi connectivity index (χ1) is 16.2. The number of carbonyl (C=O) groups is 3. The van der Waals surface area contributed by atoms with Crippen LogP contribution < -0.4 is 21.4 Å². The zero-order valence-corrected chi connectivity index (χ0v) is 20.1. The highest BCUT2D eigenvalue weighted by atomic mass is 35.5. The summed E-state index contributed by atoms with van der Waals surface area (Å²) in [7, 11) is 0. The van der Waals surface area contributed by atoms with Gasteiger partial charge in [-0.05, 0) is 31.9 Å². The smallest absolute Gasteiger partial charge is 0.243 e. The number of anilines is 3. The molecule has 0 fully saturated rings. The molecule has 11 nitrogen and oxygen atoms in total. The van der Waals surface area contributed by atoms with Crippen LogP contribution in [0.5, 0.6) is 0 Å². The van der Waals surface area contributed by atoms with Crippen LogP contribution in [0.4, 0.5) is 17.3 Å². The number of carbonyl (C=O) groups excluding carboxylic acids is 3. The molecule has 34 heavy (non-hydrogen) atoms. The molecule has 0 saturated heterocycles. The SMILES string of the molecule is Cc1nc(NC(=O)CCCC(=O)NO)cc(NC2=NCC(C(=O)Nc3c(C)cccc3Cl)S2)n1. The van der Waals surface area contributed by atoms with Gasteiger partial charge < -0.3 is 16.0 Å². The number of halogens is 1. The minimum absolute atomic E-state index is 0.0291. The van der Waals surface area contributed by atoms with Crippen LogP contribution >= 0.6 is 23.4 Å². The van der Waals surface area contributed by atoms with Gasteiger partial charge in [-0.1, -0.05) is 35.5 Å². The molecule has 2 aromatic rings. The molecule has 1 aromatic heterocycles. The van der Waals surface area contributed by atoms with Crippen molar-refractivity contribution in [3.05, 3.63) is 40.7 Å². The third-order valence-corrected chi connectivity index (χ3v) is 6.11. The van der Waals surface area contributed by atoms with Crippen molar-refractivity contribution >= 4 is 63.6 Å². The highest BCUT2D eigenvalue weighted by molar-refractivity contribution is 8.15. The maximum atomic E-state index is 12.7. The van der Waals surface area contributed by atoms with E-state index in [1.54, 1.807) is 19.1 Å². The minimum Gasteiger partial charge on any atom is -0.324 e. The van der Waals surface area contributed by atoms with E-state index in [1.165, 1.54) is 17.2 Å². The van der Waals surface area contributed by atoms with Crippen LogP contribution in [-0.2, 0) is 14.4 Å².